The van der Waals surface area contributed by atoms with Crippen LogP contribution in [0.15, 0.2) is 0 Å². The van der Waals surface area contributed by atoms with Crippen molar-refractivity contribution in [2.75, 3.05) is 0 Å². The maximum atomic E-state index is 10.2. The van der Waals surface area contributed by atoms with Crippen molar-refractivity contribution in [1.82, 2.24) is 0 Å². The standard InChI is InChI=1S/C25H44O2/c1-4-19(26)7-5-6-17-9-11-22-21-10-8-18-16-20(27)12-14-25(18,3)23(21)13-15-24(17,22)2/h17-23,26-27H,4-16H2,1-3H3/t17-,18?,19?,20-,21-,22?,23?,24+,25-/m0/s1. The normalized spacial score (nSPS) is 50.6. The van der Waals surface area contributed by atoms with E-state index in [1.165, 1.54) is 57.8 Å². The minimum atomic E-state index is -0.0809. The molecule has 4 unspecified atom stereocenters. The largest absolute Gasteiger partial charge is 0.393 e. The van der Waals surface area contributed by atoms with Gasteiger partial charge in [0.25, 0.3) is 0 Å². The van der Waals surface area contributed by atoms with Gasteiger partial charge in [-0.2, -0.15) is 0 Å². The molecule has 4 saturated carbocycles. The third kappa shape index (κ3) is 3.41. The van der Waals surface area contributed by atoms with Gasteiger partial charge in [-0.3, -0.25) is 0 Å². The first-order valence-corrected chi connectivity index (χ1v) is 12.2. The highest BCUT2D eigenvalue weighted by atomic mass is 16.3. The Kier molecular flexibility index (Phi) is 5.71. The van der Waals surface area contributed by atoms with Crippen LogP contribution in [0, 0.1) is 40.4 Å². The monoisotopic (exact) mass is 376 g/mol. The highest BCUT2D eigenvalue weighted by Gasteiger charge is 2.59. The zero-order valence-corrected chi connectivity index (χ0v) is 18.1. The van der Waals surface area contributed by atoms with Crippen molar-refractivity contribution in [1.29, 1.82) is 0 Å². The van der Waals surface area contributed by atoms with Gasteiger partial charge in [0.1, 0.15) is 0 Å². The van der Waals surface area contributed by atoms with E-state index in [0.717, 1.165) is 55.3 Å². The van der Waals surface area contributed by atoms with Gasteiger partial charge in [0, 0.05) is 0 Å². The quantitative estimate of drug-likeness (QED) is 0.622. The lowest BCUT2D eigenvalue weighted by molar-refractivity contribution is -0.127. The highest BCUT2D eigenvalue weighted by molar-refractivity contribution is 5.09. The summed E-state index contributed by atoms with van der Waals surface area (Å²) in [5.74, 6) is 4.49. The van der Waals surface area contributed by atoms with Gasteiger partial charge in [0.15, 0.2) is 0 Å². The third-order valence-corrected chi connectivity index (χ3v) is 10.4. The van der Waals surface area contributed by atoms with E-state index in [9.17, 15) is 10.2 Å². The van der Waals surface area contributed by atoms with Gasteiger partial charge in [0.2, 0.25) is 0 Å². The van der Waals surface area contributed by atoms with Crippen LogP contribution in [0.1, 0.15) is 104 Å². The van der Waals surface area contributed by atoms with Crippen molar-refractivity contribution >= 4 is 0 Å². The second-order valence-electron chi connectivity index (χ2n) is 11.4. The fourth-order valence-electron chi connectivity index (χ4n) is 8.62. The van der Waals surface area contributed by atoms with Gasteiger partial charge in [0.05, 0.1) is 12.2 Å². The molecular weight excluding hydrogens is 332 g/mol. The Morgan fingerprint density at radius 3 is 2.44 bits per heavy atom. The predicted molar refractivity (Wildman–Crippen MR) is 111 cm³/mol. The number of hydrogen-bond acceptors (Lipinski definition) is 2. The molecule has 0 spiro atoms. The maximum absolute atomic E-state index is 10.2. The molecule has 4 aliphatic carbocycles. The molecule has 9 atom stereocenters. The van der Waals surface area contributed by atoms with E-state index < -0.39 is 0 Å². The highest BCUT2D eigenvalue weighted by Crippen LogP contribution is 2.67. The fraction of sp³-hybridized carbons (Fsp3) is 1.00. The Bertz CT molecular complexity index is 518. The van der Waals surface area contributed by atoms with E-state index in [-0.39, 0.29) is 12.2 Å². The van der Waals surface area contributed by atoms with E-state index >= 15 is 0 Å². The van der Waals surface area contributed by atoms with Crippen molar-refractivity contribution in [3.8, 4) is 0 Å². The van der Waals surface area contributed by atoms with E-state index in [0.29, 0.717) is 10.8 Å². The van der Waals surface area contributed by atoms with E-state index in [1.54, 1.807) is 0 Å². The molecule has 0 heterocycles. The van der Waals surface area contributed by atoms with Gasteiger partial charge in [-0.25, -0.2) is 0 Å². The molecule has 0 aromatic heterocycles. The van der Waals surface area contributed by atoms with Crippen molar-refractivity contribution in [2.24, 2.45) is 40.4 Å². The molecule has 0 radical (unpaired) electrons. The van der Waals surface area contributed by atoms with Gasteiger partial charge in [-0.1, -0.05) is 27.2 Å². The van der Waals surface area contributed by atoms with E-state index in [2.05, 4.69) is 20.8 Å². The number of hydrogen-bond donors (Lipinski definition) is 2. The Balaban J connectivity index is 1.44. The molecule has 0 aliphatic heterocycles. The molecule has 0 bridgehead atoms. The summed E-state index contributed by atoms with van der Waals surface area (Å²) in [6, 6.07) is 0. The summed E-state index contributed by atoms with van der Waals surface area (Å²) >= 11 is 0. The summed E-state index contributed by atoms with van der Waals surface area (Å²) in [7, 11) is 0. The predicted octanol–water partition coefficient (Wildman–Crippen LogP) is 5.95. The van der Waals surface area contributed by atoms with E-state index in [1.807, 2.05) is 0 Å². The van der Waals surface area contributed by atoms with Crippen LogP contribution in [-0.2, 0) is 0 Å². The number of aliphatic hydroxyl groups is 2. The molecule has 0 saturated heterocycles. The lowest BCUT2D eigenvalue weighted by atomic mass is 9.44. The third-order valence-electron chi connectivity index (χ3n) is 10.4. The summed E-state index contributed by atoms with van der Waals surface area (Å²) in [4.78, 5) is 0. The van der Waals surface area contributed by atoms with Crippen LogP contribution in [0.4, 0.5) is 0 Å². The molecule has 0 aromatic rings. The van der Waals surface area contributed by atoms with E-state index in [4.69, 9.17) is 0 Å². The Morgan fingerprint density at radius 1 is 0.926 bits per heavy atom. The fourth-order valence-corrected chi connectivity index (χ4v) is 8.62. The van der Waals surface area contributed by atoms with Crippen LogP contribution in [0.2, 0.25) is 0 Å². The molecule has 0 aromatic carbocycles. The SMILES string of the molecule is CCC(O)CCC[C@H]1CCC2[C@@H]3CCC4C[C@@H](O)CC[C@]4(C)C3CC[C@@]21C. The molecule has 2 heteroatoms. The van der Waals surface area contributed by atoms with Gasteiger partial charge < -0.3 is 10.2 Å². The van der Waals surface area contributed by atoms with Gasteiger partial charge in [-0.15, -0.1) is 0 Å². The van der Waals surface area contributed by atoms with Crippen molar-refractivity contribution in [3.63, 3.8) is 0 Å². The average Bonchev–Trinajstić information content (AvgIpc) is 2.99. The summed E-state index contributed by atoms with van der Waals surface area (Å²) in [5, 5.41) is 20.1. The van der Waals surface area contributed by atoms with Crippen LogP contribution < -0.4 is 0 Å². The molecular formula is C25H44O2. The minimum Gasteiger partial charge on any atom is -0.393 e. The Morgan fingerprint density at radius 2 is 1.67 bits per heavy atom. The molecule has 156 valence electrons. The zero-order chi connectivity index (χ0) is 19.2. The summed E-state index contributed by atoms with van der Waals surface area (Å²) < 4.78 is 0. The first kappa shape index (κ1) is 20.2. The summed E-state index contributed by atoms with van der Waals surface area (Å²) in [5.41, 5.74) is 1.07. The molecule has 4 fully saturated rings. The molecule has 2 N–H and O–H groups in total. The van der Waals surface area contributed by atoms with Gasteiger partial charge in [-0.05, 0) is 117 Å². The first-order valence-electron chi connectivity index (χ1n) is 12.2. The maximum Gasteiger partial charge on any atom is 0.0543 e. The molecule has 27 heavy (non-hydrogen) atoms. The van der Waals surface area contributed by atoms with Crippen LogP contribution in [0.25, 0.3) is 0 Å². The van der Waals surface area contributed by atoms with Crippen molar-refractivity contribution in [3.05, 3.63) is 0 Å². The first-order chi connectivity index (χ1) is 12.9. The Labute approximate surface area is 167 Å². The second-order valence-corrected chi connectivity index (χ2v) is 11.4. The number of rotatable bonds is 5. The molecule has 0 amide bonds. The smallest absolute Gasteiger partial charge is 0.0543 e. The number of fused-ring (bicyclic) bond motifs is 5. The second kappa shape index (κ2) is 7.63. The number of aliphatic hydroxyl groups excluding tert-OH is 2. The van der Waals surface area contributed by atoms with Gasteiger partial charge >= 0.3 is 0 Å². The Hall–Kier alpha value is -0.0800. The van der Waals surface area contributed by atoms with Crippen LogP contribution in [-0.4, -0.2) is 22.4 Å². The zero-order valence-electron chi connectivity index (χ0n) is 18.1. The van der Waals surface area contributed by atoms with Crippen LogP contribution in [0.5, 0.6) is 0 Å². The van der Waals surface area contributed by atoms with Crippen LogP contribution in [0.3, 0.4) is 0 Å². The summed E-state index contributed by atoms with van der Waals surface area (Å²) in [6.07, 6.45) is 16.3. The molecule has 4 rings (SSSR count). The van der Waals surface area contributed by atoms with Crippen molar-refractivity contribution < 1.29 is 10.2 Å². The topological polar surface area (TPSA) is 40.5 Å². The van der Waals surface area contributed by atoms with Crippen molar-refractivity contribution in [2.45, 2.75) is 116 Å². The van der Waals surface area contributed by atoms with Crippen LogP contribution >= 0.6 is 0 Å². The molecule has 2 nitrogen and oxygen atoms in total. The average molecular weight is 377 g/mol. The minimum absolute atomic E-state index is 0.0252. The lowest BCUT2D eigenvalue weighted by Crippen LogP contribution is -2.53. The summed E-state index contributed by atoms with van der Waals surface area (Å²) in [6.45, 7) is 7.34. The molecule has 4 aliphatic rings. The lowest BCUT2D eigenvalue weighted by Gasteiger charge is -2.61.